The van der Waals surface area contributed by atoms with Crippen molar-refractivity contribution in [2.24, 2.45) is 0 Å². The van der Waals surface area contributed by atoms with Crippen molar-refractivity contribution < 1.29 is 13.2 Å². The van der Waals surface area contributed by atoms with Crippen LogP contribution in [0, 0.1) is 0 Å². The zero-order valence-electron chi connectivity index (χ0n) is 14.9. The van der Waals surface area contributed by atoms with Crippen LogP contribution in [0.1, 0.15) is 42.7 Å². The lowest BCUT2D eigenvalue weighted by Crippen LogP contribution is -2.31. The summed E-state index contributed by atoms with van der Waals surface area (Å²) in [5.41, 5.74) is 1.49. The summed E-state index contributed by atoms with van der Waals surface area (Å²) in [7, 11) is -1.82. The quantitative estimate of drug-likeness (QED) is 0.860. The van der Waals surface area contributed by atoms with Crippen LogP contribution >= 0.6 is 0 Å². The summed E-state index contributed by atoms with van der Waals surface area (Å²) in [4.78, 5) is 14.5. The summed E-state index contributed by atoms with van der Waals surface area (Å²) in [6.07, 6.45) is 0. The van der Waals surface area contributed by atoms with E-state index in [2.05, 4.69) is 4.72 Å². The summed E-state index contributed by atoms with van der Waals surface area (Å²) in [5, 5.41) is 0. The van der Waals surface area contributed by atoms with E-state index in [-0.39, 0.29) is 22.9 Å². The molecule has 2 aromatic rings. The van der Waals surface area contributed by atoms with Crippen molar-refractivity contribution in [1.29, 1.82) is 0 Å². The minimum atomic E-state index is -3.56. The Kier molecular flexibility index (Phi) is 5.98. The highest BCUT2D eigenvalue weighted by Crippen LogP contribution is 2.21. The Balaban J connectivity index is 2.17. The second kappa shape index (κ2) is 7.80. The Morgan fingerprint density at radius 1 is 0.960 bits per heavy atom. The molecule has 0 aliphatic carbocycles. The highest BCUT2D eigenvalue weighted by Gasteiger charge is 2.20. The SMILES string of the molecule is CC(C)NS(=O)(=O)c1ccc(C(=O)N(C)[C@H](C)c2ccccc2)cc1. The van der Waals surface area contributed by atoms with Crippen LogP contribution in [0.25, 0.3) is 0 Å². The van der Waals surface area contributed by atoms with E-state index in [1.165, 1.54) is 12.1 Å². The van der Waals surface area contributed by atoms with Crippen LogP contribution in [-0.2, 0) is 10.0 Å². The molecular formula is C19H24N2O3S. The zero-order chi connectivity index (χ0) is 18.6. The lowest BCUT2D eigenvalue weighted by Gasteiger charge is -2.25. The van der Waals surface area contributed by atoms with Crippen molar-refractivity contribution in [2.75, 3.05) is 7.05 Å². The second-order valence-electron chi connectivity index (χ2n) is 6.30. The van der Waals surface area contributed by atoms with E-state index in [9.17, 15) is 13.2 Å². The number of amides is 1. The van der Waals surface area contributed by atoms with Gasteiger partial charge < -0.3 is 4.90 Å². The van der Waals surface area contributed by atoms with Crippen molar-refractivity contribution >= 4 is 15.9 Å². The van der Waals surface area contributed by atoms with Crippen LogP contribution in [0.5, 0.6) is 0 Å². The smallest absolute Gasteiger partial charge is 0.254 e. The Morgan fingerprint density at radius 2 is 1.52 bits per heavy atom. The van der Waals surface area contributed by atoms with Gasteiger partial charge in [-0.25, -0.2) is 13.1 Å². The van der Waals surface area contributed by atoms with Crippen molar-refractivity contribution in [3.63, 3.8) is 0 Å². The number of rotatable bonds is 6. The molecule has 0 aromatic heterocycles. The predicted molar refractivity (Wildman–Crippen MR) is 98.9 cm³/mol. The highest BCUT2D eigenvalue weighted by atomic mass is 32.2. The monoisotopic (exact) mass is 360 g/mol. The maximum atomic E-state index is 12.7. The Hall–Kier alpha value is -2.18. The van der Waals surface area contributed by atoms with Crippen LogP contribution in [0.4, 0.5) is 0 Å². The Morgan fingerprint density at radius 3 is 2.04 bits per heavy atom. The number of nitrogens with one attached hydrogen (secondary N) is 1. The van der Waals surface area contributed by atoms with Crippen LogP contribution in [0.2, 0.25) is 0 Å². The fourth-order valence-electron chi connectivity index (χ4n) is 2.49. The van der Waals surface area contributed by atoms with Crippen molar-refractivity contribution in [1.82, 2.24) is 9.62 Å². The van der Waals surface area contributed by atoms with Gasteiger partial charge in [0.25, 0.3) is 5.91 Å². The molecule has 1 amide bonds. The molecule has 0 unspecified atom stereocenters. The van der Waals surface area contributed by atoms with Crippen molar-refractivity contribution in [2.45, 2.75) is 37.8 Å². The van der Waals surface area contributed by atoms with E-state index in [1.807, 2.05) is 37.3 Å². The molecule has 134 valence electrons. The molecule has 0 saturated carbocycles. The third-order valence-electron chi connectivity index (χ3n) is 3.99. The lowest BCUT2D eigenvalue weighted by molar-refractivity contribution is 0.0742. The number of sulfonamides is 1. The topological polar surface area (TPSA) is 66.5 Å². The van der Waals surface area contributed by atoms with E-state index in [0.717, 1.165) is 5.56 Å². The van der Waals surface area contributed by atoms with E-state index in [4.69, 9.17) is 0 Å². The molecule has 25 heavy (non-hydrogen) atoms. The van der Waals surface area contributed by atoms with Crippen LogP contribution < -0.4 is 4.72 Å². The van der Waals surface area contributed by atoms with Gasteiger partial charge in [0, 0.05) is 18.7 Å². The van der Waals surface area contributed by atoms with Gasteiger partial charge in [0.15, 0.2) is 0 Å². The first-order chi connectivity index (χ1) is 11.7. The number of nitrogens with zero attached hydrogens (tertiary/aromatic N) is 1. The van der Waals surface area contributed by atoms with Crippen molar-refractivity contribution in [3.8, 4) is 0 Å². The van der Waals surface area contributed by atoms with Gasteiger partial charge >= 0.3 is 0 Å². The van der Waals surface area contributed by atoms with Crippen LogP contribution in [0.15, 0.2) is 59.5 Å². The van der Waals surface area contributed by atoms with E-state index in [1.54, 1.807) is 37.9 Å². The first kappa shape index (κ1) is 19.1. The van der Waals surface area contributed by atoms with Crippen molar-refractivity contribution in [3.05, 3.63) is 65.7 Å². The van der Waals surface area contributed by atoms with Gasteiger partial charge in [-0.2, -0.15) is 0 Å². The maximum Gasteiger partial charge on any atom is 0.254 e. The number of hydrogen-bond acceptors (Lipinski definition) is 3. The molecular weight excluding hydrogens is 336 g/mol. The van der Waals surface area contributed by atoms with Gasteiger partial charge in [0.2, 0.25) is 10.0 Å². The molecule has 1 atom stereocenters. The predicted octanol–water partition coefficient (Wildman–Crippen LogP) is 3.21. The standard InChI is InChI=1S/C19H24N2O3S/c1-14(2)20-25(23,24)18-12-10-17(11-13-18)19(22)21(4)15(3)16-8-6-5-7-9-16/h5-15,20H,1-4H3/t15-/m1/s1. The molecule has 0 aliphatic rings. The number of carbonyl (C=O) groups is 1. The van der Waals surface area contributed by atoms with Gasteiger partial charge in [-0.3, -0.25) is 4.79 Å². The molecule has 0 bridgehead atoms. The normalized spacial score (nSPS) is 12.8. The number of benzene rings is 2. The second-order valence-corrected chi connectivity index (χ2v) is 8.02. The average Bonchev–Trinajstić information content (AvgIpc) is 2.59. The fourth-order valence-corrected chi connectivity index (χ4v) is 3.74. The molecule has 0 fully saturated rings. The summed E-state index contributed by atoms with van der Waals surface area (Å²) >= 11 is 0. The summed E-state index contributed by atoms with van der Waals surface area (Å²) in [5.74, 6) is -0.155. The summed E-state index contributed by atoms with van der Waals surface area (Å²) in [6.45, 7) is 5.48. The molecule has 0 heterocycles. The summed E-state index contributed by atoms with van der Waals surface area (Å²) < 4.78 is 26.8. The van der Waals surface area contributed by atoms with Gasteiger partial charge in [-0.15, -0.1) is 0 Å². The Bertz CT molecular complexity index is 816. The largest absolute Gasteiger partial charge is 0.335 e. The van der Waals surface area contributed by atoms with Gasteiger partial charge in [-0.1, -0.05) is 30.3 Å². The van der Waals surface area contributed by atoms with Crippen LogP contribution in [0.3, 0.4) is 0 Å². The first-order valence-corrected chi connectivity index (χ1v) is 9.65. The molecule has 0 aliphatic heterocycles. The Labute approximate surface area is 149 Å². The highest BCUT2D eigenvalue weighted by molar-refractivity contribution is 7.89. The summed E-state index contributed by atoms with van der Waals surface area (Å²) in [6, 6.07) is 15.5. The molecule has 1 N–H and O–H groups in total. The van der Waals surface area contributed by atoms with Gasteiger partial charge in [-0.05, 0) is 50.6 Å². The lowest BCUT2D eigenvalue weighted by atomic mass is 10.1. The third kappa shape index (κ3) is 4.67. The molecule has 2 aromatic carbocycles. The van der Waals surface area contributed by atoms with E-state index < -0.39 is 10.0 Å². The van der Waals surface area contributed by atoms with E-state index in [0.29, 0.717) is 5.56 Å². The molecule has 6 heteroatoms. The van der Waals surface area contributed by atoms with E-state index >= 15 is 0 Å². The third-order valence-corrected chi connectivity index (χ3v) is 5.66. The number of carbonyl (C=O) groups excluding carboxylic acids is 1. The molecule has 2 rings (SSSR count). The minimum Gasteiger partial charge on any atom is -0.335 e. The van der Waals surface area contributed by atoms with Gasteiger partial charge in [0.1, 0.15) is 0 Å². The first-order valence-electron chi connectivity index (χ1n) is 8.17. The average molecular weight is 360 g/mol. The molecule has 0 saturated heterocycles. The molecule has 0 radical (unpaired) electrons. The van der Waals surface area contributed by atoms with Gasteiger partial charge in [0.05, 0.1) is 10.9 Å². The zero-order valence-corrected chi connectivity index (χ0v) is 15.7. The maximum absolute atomic E-state index is 12.7. The fraction of sp³-hybridized carbons (Fsp3) is 0.316. The molecule has 0 spiro atoms. The van der Waals surface area contributed by atoms with Crippen LogP contribution in [-0.4, -0.2) is 32.3 Å². The molecule has 5 nitrogen and oxygen atoms in total. The minimum absolute atomic E-state index is 0.0836. The number of hydrogen-bond donors (Lipinski definition) is 1.